The van der Waals surface area contributed by atoms with Crippen LogP contribution in [0.3, 0.4) is 0 Å². The zero-order valence-corrected chi connectivity index (χ0v) is 24.8. The topological polar surface area (TPSA) is 364 Å². The second-order valence-corrected chi connectivity index (χ2v) is 11.3. The van der Waals surface area contributed by atoms with Crippen LogP contribution in [0.4, 0.5) is 0 Å². The standard InChI is InChI=1S/C25H42N2O20/c1-7(32)26-14-17(38)19(11(5-30)43-22(14)40)45-23-18(39)21(16(37)10(4-29)44-23)47-25(24(41)42)2-8(33)13(27-12(35)6-31)20(46-25)15(36)9(34)3-28/h8-11,13-23,28-31,33-34,36-40H,2-6H2,1H3,(H,26,32)(H,27,35)(H,41,42)/t8-,9+,10+,11+,13+,14+,15+,16-,17+,18+,19+,20+,21-,22+,23-,25-/m0/s1. The molecule has 16 atom stereocenters. The van der Waals surface area contributed by atoms with Gasteiger partial charge < -0.3 is 95.6 Å². The Labute approximate surface area is 265 Å². The maximum atomic E-state index is 12.6. The Bertz CT molecular complexity index is 1070. The Balaban J connectivity index is 1.96. The van der Waals surface area contributed by atoms with Crippen LogP contribution in [0.15, 0.2) is 0 Å². The summed E-state index contributed by atoms with van der Waals surface area (Å²) >= 11 is 0. The van der Waals surface area contributed by atoms with E-state index in [0.717, 1.165) is 6.92 Å². The molecule has 3 saturated heterocycles. The van der Waals surface area contributed by atoms with E-state index in [-0.39, 0.29) is 0 Å². The van der Waals surface area contributed by atoms with E-state index < -0.39 is 148 Å². The Hall–Kier alpha value is -2.23. The second kappa shape index (κ2) is 16.4. The lowest BCUT2D eigenvalue weighted by molar-refractivity contribution is -0.382. The molecule has 0 aromatic carbocycles. The van der Waals surface area contributed by atoms with Crippen LogP contribution in [0.25, 0.3) is 0 Å². The number of carbonyl (C=O) groups excluding carboxylic acids is 2. The molecule has 0 unspecified atom stereocenters. The minimum atomic E-state index is -3.10. The maximum absolute atomic E-state index is 12.6. The van der Waals surface area contributed by atoms with Gasteiger partial charge in [-0.1, -0.05) is 0 Å². The average molecular weight is 691 g/mol. The van der Waals surface area contributed by atoms with Crippen LogP contribution >= 0.6 is 0 Å². The molecule has 3 fully saturated rings. The van der Waals surface area contributed by atoms with Crippen LogP contribution in [0.2, 0.25) is 0 Å². The molecule has 22 heteroatoms. The molecule has 2 amide bonds. The van der Waals surface area contributed by atoms with Crippen LogP contribution in [0.1, 0.15) is 13.3 Å². The fourth-order valence-corrected chi connectivity index (χ4v) is 5.57. The van der Waals surface area contributed by atoms with Gasteiger partial charge in [-0.3, -0.25) is 9.59 Å². The van der Waals surface area contributed by atoms with E-state index in [1.807, 2.05) is 0 Å². The minimum Gasteiger partial charge on any atom is -0.477 e. The number of aliphatic hydroxyl groups excluding tert-OH is 11. The Morgan fingerprint density at radius 1 is 0.872 bits per heavy atom. The third-order valence-electron chi connectivity index (χ3n) is 7.97. The Kier molecular flexibility index (Phi) is 13.7. The maximum Gasteiger partial charge on any atom is 0.364 e. The molecule has 0 aliphatic carbocycles. The van der Waals surface area contributed by atoms with E-state index in [0.29, 0.717) is 0 Å². The molecule has 0 saturated carbocycles. The predicted molar refractivity (Wildman–Crippen MR) is 143 cm³/mol. The fourth-order valence-electron chi connectivity index (χ4n) is 5.57. The van der Waals surface area contributed by atoms with Crippen LogP contribution < -0.4 is 10.6 Å². The molecule has 3 heterocycles. The van der Waals surface area contributed by atoms with E-state index in [2.05, 4.69) is 10.6 Å². The first-order valence-electron chi connectivity index (χ1n) is 14.4. The SMILES string of the molecule is CC(=O)N[C@@H]1[C@@H](O)[C@H](O[C@@H]2O[C@H](CO)[C@H](O)[C@H](O[C@]3(C(=O)O)C[C@H](O)[C@@H](NC(=O)CO)[C@H]([C@H](O)[C@H](O)CO)O3)[C@H]2O)[C@@H](CO)O[C@H]1O. The summed E-state index contributed by atoms with van der Waals surface area (Å²) in [5, 5.41) is 127. The normalized spacial score (nSPS) is 42.3. The lowest BCUT2D eigenvalue weighted by Crippen LogP contribution is -2.71. The van der Waals surface area contributed by atoms with E-state index >= 15 is 0 Å². The molecule has 0 aromatic rings. The molecule has 47 heavy (non-hydrogen) atoms. The quantitative estimate of drug-likeness (QED) is 0.0852. The van der Waals surface area contributed by atoms with Crippen molar-refractivity contribution < 1.29 is 99.3 Å². The lowest BCUT2D eigenvalue weighted by atomic mass is 9.88. The van der Waals surface area contributed by atoms with Gasteiger partial charge in [-0.2, -0.15) is 0 Å². The molecule has 3 aliphatic heterocycles. The number of hydrogen-bond acceptors (Lipinski definition) is 19. The van der Waals surface area contributed by atoms with Gasteiger partial charge in [-0.15, -0.1) is 0 Å². The van der Waals surface area contributed by atoms with Crippen molar-refractivity contribution in [2.75, 3.05) is 26.4 Å². The number of nitrogens with one attached hydrogen (secondary N) is 2. The summed E-state index contributed by atoms with van der Waals surface area (Å²) < 4.78 is 27.3. The van der Waals surface area contributed by atoms with Crippen LogP contribution in [-0.4, -0.2) is 203 Å². The zero-order valence-electron chi connectivity index (χ0n) is 24.8. The van der Waals surface area contributed by atoms with Crippen LogP contribution in [0, 0.1) is 0 Å². The third-order valence-corrected chi connectivity index (χ3v) is 7.97. The summed E-state index contributed by atoms with van der Waals surface area (Å²) in [6, 6.07) is -3.22. The molecule has 0 spiro atoms. The van der Waals surface area contributed by atoms with Crippen LogP contribution in [0.5, 0.6) is 0 Å². The largest absolute Gasteiger partial charge is 0.477 e. The molecular formula is C25H42N2O20. The molecular weight excluding hydrogens is 648 g/mol. The molecule has 3 aliphatic rings. The second-order valence-electron chi connectivity index (χ2n) is 11.3. The highest BCUT2D eigenvalue weighted by Gasteiger charge is 2.60. The van der Waals surface area contributed by atoms with Gasteiger partial charge in [0.05, 0.1) is 32.0 Å². The monoisotopic (exact) mass is 690 g/mol. The summed E-state index contributed by atoms with van der Waals surface area (Å²) in [4.78, 5) is 36.1. The van der Waals surface area contributed by atoms with E-state index in [4.69, 9.17) is 28.8 Å². The number of carboxylic acids is 1. The predicted octanol–water partition coefficient (Wildman–Crippen LogP) is -9.11. The van der Waals surface area contributed by atoms with Crippen molar-refractivity contribution in [1.82, 2.24) is 10.6 Å². The molecule has 0 bridgehead atoms. The smallest absolute Gasteiger partial charge is 0.364 e. The van der Waals surface area contributed by atoms with Crippen molar-refractivity contribution in [3.63, 3.8) is 0 Å². The Morgan fingerprint density at radius 2 is 1.51 bits per heavy atom. The number of carbonyl (C=O) groups is 3. The highest BCUT2D eigenvalue weighted by Crippen LogP contribution is 2.38. The number of aliphatic carboxylic acids is 1. The van der Waals surface area contributed by atoms with E-state index in [1.54, 1.807) is 0 Å². The number of hydrogen-bond donors (Lipinski definition) is 14. The average Bonchev–Trinajstić information content (AvgIpc) is 3.03. The summed E-state index contributed by atoms with van der Waals surface area (Å²) in [5.74, 6) is -6.93. The lowest BCUT2D eigenvalue weighted by Gasteiger charge is -2.50. The number of amides is 2. The van der Waals surface area contributed by atoms with E-state index in [1.165, 1.54) is 0 Å². The Morgan fingerprint density at radius 3 is 2.04 bits per heavy atom. The van der Waals surface area contributed by atoms with Crippen molar-refractivity contribution >= 4 is 17.8 Å². The number of carboxylic acid groups (broad SMARTS) is 1. The van der Waals surface area contributed by atoms with Gasteiger partial charge in [0.2, 0.25) is 11.8 Å². The summed E-state index contributed by atoms with van der Waals surface area (Å²) in [6.45, 7) is -3.03. The van der Waals surface area contributed by atoms with Crippen molar-refractivity contribution in [3.8, 4) is 0 Å². The van der Waals surface area contributed by atoms with Gasteiger partial charge in [0.1, 0.15) is 73.7 Å². The number of aliphatic hydroxyl groups is 11. The van der Waals surface area contributed by atoms with Gasteiger partial charge in [0.25, 0.3) is 5.79 Å². The van der Waals surface area contributed by atoms with Gasteiger partial charge in [0, 0.05) is 13.3 Å². The zero-order chi connectivity index (χ0) is 35.4. The fraction of sp³-hybridized carbons (Fsp3) is 0.880. The molecule has 3 rings (SSSR count). The number of rotatable bonds is 13. The van der Waals surface area contributed by atoms with Crippen LogP contribution in [-0.2, 0) is 38.1 Å². The highest BCUT2D eigenvalue weighted by atomic mass is 16.8. The molecule has 0 radical (unpaired) electrons. The minimum absolute atomic E-state index is 0.703. The van der Waals surface area contributed by atoms with Gasteiger partial charge in [0.15, 0.2) is 12.6 Å². The highest BCUT2D eigenvalue weighted by molar-refractivity contribution is 5.78. The van der Waals surface area contributed by atoms with Crippen molar-refractivity contribution in [2.24, 2.45) is 0 Å². The van der Waals surface area contributed by atoms with Crippen molar-refractivity contribution in [2.45, 2.75) is 111 Å². The number of ether oxygens (including phenoxy) is 5. The summed E-state index contributed by atoms with van der Waals surface area (Å²) in [7, 11) is 0. The third kappa shape index (κ3) is 8.50. The van der Waals surface area contributed by atoms with Gasteiger partial charge >= 0.3 is 5.97 Å². The summed E-state index contributed by atoms with van der Waals surface area (Å²) in [6.07, 6.45) is -26.4. The van der Waals surface area contributed by atoms with Gasteiger partial charge in [-0.25, -0.2) is 4.79 Å². The van der Waals surface area contributed by atoms with Crippen molar-refractivity contribution in [3.05, 3.63) is 0 Å². The van der Waals surface area contributed by atoms with Crippen molar-refractivity contribution in [1.29, 1.82) is 0 Å². The first-order valence-corrected chi connectivity index (χ1v) is 14.4. The molecule has 0 aromatic heterocycles. The molecule has 272 valence electrons. The van der Waals surface area contributed by atoms with E-state index in [9.17, 15) is 70.6 Å². The molecule has 14 N–H and O–H groups in total. The first-order chi connectivity index (χ1) is 22.0. The van der Waals surface area contributed by atoms with Gasteiger partial charge in [-0.05, 0) is 0 Å². The summed E-state index contributed by atoms with van der Waals surface area (Å²) in [5.41, 5.74) is 0. The molecule has 22 nitrogen and oxygen atoms in total. The first kappa shape index (κ1) is 39.2.